The molecule has 1 aliphatic rings. The summed E-state index contributed by atoms with van der Waals surface area (Å²) < 4.78 is 5.53. The molecule has 2 rings (SSSR count). The molecule has 0 heterocycles. The van der Waals surface area contributed by atoms with E-state index in [-0.39, 0.29) is 5.91 Å². The Kier molecular flexibility index (Phi) is 4.44. The van der Waals surface area contributed by atoms with E-state index in [1.807, 2.05) is 17.0 Å². The maximum atomic E-state index is 12.0. The molecule has 4 heteroatoms. The van der Waals surface area contributed by atoms with Crippen molar-refractivity contribution in [1.29, 1.82) is 0 Å². The van der Waals surface area contributed by atoms with E-state index in [1.54, 1.807) is 18.2 Å². The molecular weight excluding hydrogens is 240 g/mol. The van der Waals surface area contributed by atoms with E-state index in [4.69, 9.17) is 10.5 Å². The SMILES string of the molecule is C=CCN(C(=O)CCOc1ccc(N)cc1)C1CC1. The molecule has 19 heavy (non-hydrogen) atoms. The van der Waals surface area contributed by atoms with Gasteiger partial charge in [0.05, 0.1) is 13.0 Å². The van der Waals surface area contributed by atoms with Crippen molar-refractivity contribution in [3.63, 3.8) is 0 Å². The van der Waals surface area contributed by atoms with Crippen molar-refractivity contribution in [3.05, 3.63) is 36.9 Å². The van der Waals surface area contributed by atoms with E-state index in [0.717, 1.165) is 18.6 Å². The van der Waals surface area contributed by atoms with Gasteiger partial charge in [-0.05, 0) is 37.1 Å². The highest BCUT2D eigenvalue weighted by molar-refractivity contribution is 5.77. The second-order valence-corrected chi connectivity index (χ2v) is 4.73. The molecule has 0 unspecified atom stereocenters. The fourth-order valence-corrected chi connectivity index (χ4v) is 1.94. The third kappa shape index (κ3) is 4.02. The zero-order valence-electron chi connectivity index (χ0n) is 11.0. The number of rotatable bonds is 7. The van der Waals surface area contributed by atoms with Gasteiger partial charge < -0.3 is 15.4 Å². The molecule has 0 spiro atoms. The van der Waals surface area contributed by atoms with E-state index in [9.17, 15) is 4.79 Å². The van der Waals surface area contributed by atoms with E-state index in [0.29, 0.717) is 31.3 Å². The zero-order valence-corrected chi connectivity index (χ0v) is 11.0. The van der Waals surface area contributed by atoms with Gasteiger partial charge in [-0.3, -0.25) is 4.79 Å². The van der Waals surface area contributed by atoms with Crippen molar-refractivity contribution < 1.29 is 9.53 Å². The van der Waals surface area contributed by atoms with Crippen molar-refractivity contribution in [1.82, 2.24) is 4.90 Å². The number of nitrogen functional groups attached to an aromatic ring is 1. The van der Waals surface area contributed by atoms with Crippen LogP contribution in [0.15, 0.2) is 36.9 Å². The van der Waals surface area contributed by atoms with Gasteiger partial charge >= 0.3 is 0 Å². The van der Waals surface area contributed by atoms with Crippen molar-refractivity contribution in [2.24, 2.45) is 0 Å². The number of nitrogens with two attached hydrogens (primary N) is 1. The van der Waals surface area contributed by atoms with Crippen molar-refractivity contribution in [3.8, 4) is 5.75 Å². The lowest BCUT2D eigenvalue weighted by Crippen LogP contribution is -2.34. The maximum absolute atomic E-state index is 12.0. The zero-order chi connectivity index (χ0) is 13.7. The first-order valence-electron chi connectivity index (χ1n) is 6.59. The van der Waals surface area contributed by atoms with Crippen molar-refractivity contribution in [2.75, 3.05) is 18.9 Å². The van der Waals surface area contributed by atoms with Gasteiger partial charge in [0.25, 0.3) is 0 Å². The fourth-order valence-electron chi connectivity index (χ4n) is 1.94. The average molecular weight is 260 g/mol. The first kappa shape index (κ1) is 13.5. The van der Waals surface area contributed by atoms with Crippen LogP contribution < -0.4 is 10.5 Å². The lowest BCUT2D eigenvalue weighted by molar-refractivity contribution is -0.131. The summed E-state index contributed by atoms with van der Waals surface area (Å²) in [6, 6.07) is 7.60. The number of hydrogen-bond acceptors (Lipinski definition) is 3. The molecular formula is C15H20N2O2. The first-order valence-corrected chi connectivity index (χ1v) is 6.59. The van der Waals surface area contributed by atoms with Crippen LogP contribution in [-0.4, -0.2) is 30.0 Å². The van der Waals surface area contributed by atoms with Gasteiger partial charge in [0, 0.05) is 18.3 Å². The normalized spacial score (nSPS) is 13.9. The standard InChI is InChI=1S/C15H20N2O2/c1-2-10-17(13-5-6-13)15(18)9-11-19-14-7-3-12(16)4-8-14/h2-4,7-8,13H,1,5-6,9-11,16H2. The molecule has 0 saturated heterocycles. The monoisotopic (exact) mass is 260 g/mol. The van der Waals surface area contributed by atoms with Crippen LogP contribution >= 0.6 is 0 Å². The predicted molar refractivity (Wildman–Crippen MR) is 75.9 cm³/mol. The Morgan fingerprint density at radius 2 is 2.11 bits per heavy atom. The van der Waals surface area contributed by atoms with Crippen molar-refractivity contribution >= 4 is 11.6 Å². The minimum atomic E-state index is 0.137. The number of nitrogens with zero attached hydrogens (tertiary/aromatic N) is 1. The molecule has 2 N–H and O–H groups in total. The highest BCUT2D eigenvalue weighted by Gasteiger charge is 2.31. The highest BCUT2D eigenvalue weighted by Crippen LogP contribution is 2.27. The Balaban J connectivity index is 1.76. The summed E-state index contributed by atoms with van der Waals surface area (Å²) in [6.45, 7) is 4.71. The number of anilines is 1. The number of amides is 1. The van der Waals surface area contributed by atoms with Gasteiger partial charge in [-0.2, -0.15) is 0 Å². The second kappa shape index (κ2) is 6.27. The summed E-state index contributed by atoms with van der Waals surface area (Å²) in [6.07, 6.45) is 4.39. The number of benzene rings is 1. The largest absolute Gasteiger partial charge is 0.493 e. The summed E-state index contributed by atoms with van der Waals surface area (Å²) in [7, 11) is 0. The molecule has 1 aliphatic carbocycles. The van der Waals surface area contributed by atoms with Crippen LogP contribution in [0.1, 0.15) is 19.3 Å². The van der Waals surface area contributed by atoms with Crippen LogP contribution in [0.3, 0.4) is 0 Å². The van der Waals surface area contributed by atoms with Crippen LogP contribution in [0.4, 0.5) is 5.69 Å². The lowest BCUT2D eigenvalue weighted by Gasteiger charge is -2.20. The van der Waals surface area contributed by atoms with Gasteiger partial charge in [-0.25, -0.2) is 0 Å². The second-order valence-electron chi connectivity index (χ2n) is 4.73. The Labute approximate surface area is 113 Å². The van der Waals surface area contributed by atoms with E-state index >= 15 is 0 Å². The third-order valence-corrected chi connectivity index (χ3v) is 3.10. The number of carbonyl (C=O) groups is 1. The lowest BCUT2D eigenvalue weighted by atomic mass is 10.3. The fraction of sp³-hybridized carbons (Fsp3) is 0.400. The predicted octanol–water partition coefficient (Wildman–Crippen LogP) is 2.21. The third-order valence-electron chi connectivity index (χ3n) is 3.10. The molecule has 0 bridgehead atoms. The van der Waals surface area contributed by atoms with Gasteiger partial charge in [0.1, 0.15) is 5.75 Å². The summed E-state index contributed by atoms with van der Waals surface area (Å²) in [4.78, 5) is 13.9. The van der Waals surface area contributed by atoms with Gasteiger partial charge in [0.2, 0.25) is 5.91 Å². The molecule has 1 fully saturated rings. The molecule has 0 aromatic heterocycles. The van der Waals surface area contributed by atoms with E-state index < -0.39 is 0 Å². The summed E-state index contributed by atoms with van der Waals surface area (Å²) in [5, 5.41) is 0. The van der Waals surface area contributed by atoms with Gasteiger partial charge in [-0.15, -0.1) is 6.58 Å². The van der Waals surface area contributed by atoms with E-state index in [2.05, 4.69) is 6.58 Å². The Morgan fingerprint density at radius 1 is 1.42 bits per heavy atom. The highest BCUT2D eigenvalue weighted by atomic mass is 16.5. The Morgan fingerprint density at radius 3 is 2.68 bits per heavy atom. The number of carbonyl (C=O) groups excluding carboxylic acids is 1. The molecule has 1 aromatic rings. The van der Waals surface area contributed by atoms with Crippen LogP contribution in [0, 0.1) is 0 Å². The van der Waals surface area contributed by atoms with Gasteiger partial charge in [0.15, 0.2) is 0 Å². The Bertz CT molecular complexity index is 438. The summed E-state index contributed by atoms with van der Waals surface area (Å²) in [5.41, 5.74) is 6.29. The Hall–Kier alpha value is -1.97. The van der Waals surface area contributed by atoms with Gasteiger partial charge in [-0.1, -0.05) is 6.08 Å². The molecule has 0 aliphatic heterocycles. The molecule has 0 radical (unpaired) electrons. The molecule has 4 nitrogen and oxygen atoms in total. The van der Waals surface area contributed by atoms with Crippen molar-refractivity contribution in [2.45, 2.75) is 25.3 Å². The smallest absolute Gasteiger partial charge is 0.226 e. The molecule has 1 saturated carbocycles. The number of ether oxygens (including phenoxy) is 1. The maximum Gasteiger partial charge on any atom is 0.226 e. The number of hydrogen-bond donors (Lipinski definition) is 1. The van der Waals surface area contributed by atoms with Crippen LogP contribution in [0.5, 0.6) is 5.75 Å². The topological polar surface area (TPSA) is 55.6 Å². The minimum absolute atomic E-state index is 0.137. The summed E-state index contributed by atoms with van der Waals surface area (Å²) in [5.74, 6) is 0.876. The molecule has 1 aromatic carbocycles. The molecule has 102 valence electrons. The minimum Gasteiger partial charge on any atom is -0.493 e. The average Bonchev–Trinajstić information content (AvgIpc) is 3.22. The van der Waals surface area contributed by atoms with E-state index in [1.165, 1.54) is 0 Å². The quantitative estimate of drug-likeness (QED) is 0.604. The van der Waals surface area contributed by atoms with Crippen LogP contribution in [-0.2, 0) is 4.79 Å². The van der Waals surface area contributed by atoms with Crippen LogP contribution in [0.25, 0.3) is 0 Å². The van der Waals surface area contributed by atoms with Crippen LogP contribution in [0.2, 0.25) is 0 Å². The molecule has 0 atom stereocenters. The molecule has 1 amide bonds. The first-order chi connectivity index (χ1) is 9.20. The summed E-state index contributed by atoms with van der Waals surface area (Å²) >= 11 is 0.